The SMILES string of the molecule is Cc1c[nH]c(=O)n1-c1cccc(Cl)c1. The highest BCUT2D eigenvalue weighted by Gasteiger charge is 2.04. The first-order valence-corrected chi connectivity index (χ1v) is 4.59. The van der Waals surface area contributed by atoms with Gasteiger partial charge in [-0.05, 0) is 25.1 Å². The third kappa shape index (κ3) is 1.46. The van der Waals surface area contributed by atoms with E-state index in [4.69, 9.17) is 11.6 Å². The lowest BCUT2D eigenvalue weighted by atomic mass is 10.3. The van der Waals surface area contributed by atoms with Gasteiger partial charge in [-0.15, -0.1) is 0 Å². The van der Waals surface area contributed by atoms with E-state index in [0.29, 0.717) is 5.02 Å². The van der Waals surface area contributed by atoms with Crippen LogP contribution in [0.25, 0.3) is 5.69 Å². The molecule has 72 valence electrons. The predicted molar refractivity (Wildman–Crippen MR) is 56.1 cm³/mol. The summed E-state index contributed by atoms with van der Waals surface area (Å²) in [6.45, 7) is 1.86. The molecule has 1 N–H and O–H groups in total. The smallest absolute Gasteiger partial charge is 0.312 e. The van der Waals surface area contributed by atoms with Gasteiger partial charge >= 0.3 is 5.69 Å². The summed E-state index contributed by atoms with van der Waals surface area (Å²) in [7, 11) is 0. The molecule has 1 aromatic heterocycles. The van der Waals surface area contributed by atoms with Crippen LogP contribution in [-0.4, -0.2) is 9.55 Å². The zero-order chi connectivity index (χ0) is 10.1. The molecule has 0 spiro atoms. The third-order valence-electron chi connectivity index (χ3n) is 2.03. The van der Waals surface area contributed by atoms with Crippen LogP contribution >= 0.6 is 11.6 Å². The molecule has 0 aliphatic carbocycles. The van der Waals surface area contributed by atoms with E-state index >= 15 is 0 Å². The molecule has 0 bridgehead atoms. The molecular formula is C10H9ClN2O. The second-order valence-electron chi connectivity index (χ2n) is 3.05. The first kappa shape index (κ1) is 9.09. The van der Waals surface area contributed by atoms with Crippen molar-refractivity contribution in [3.8, 4) is 5.69 Å². The molecule has 0 fully saturated rings. The summed E-state index contributed by atoms with van der Waals surface area (Å²) in [5.41, 5.74) is 1.49. The molecule has 3 nitrogen and oxygen atoms in total. The summed E-state index contributed by atoms with van der Waals surface area (Å²) in [4.78, 5) is 14.0. The summed E-state index contributed by atoms with van der Waals surface area (Å²) < 4.78 is 1.58. The Morgan fingerprint density at radius 2 is 2.21 bits per heavy atom. The molecule has 14 heavy (non-hydrogen) atoms. The summed E-state index contributed by atoms with van der Waals surface area (Å²) in [6, 6.07) is 7.19. The van der Waals surface area contributed by atoms with Crippen molar-refractivity contribution < 1.29 is 0 Å². The van der Waals surface area contributed by atoms with Crippen LogP contribution in [0.15, 0.2) is 35.3 Å². The highest BCUT2D eigenvalue weighted by atomic mass is 35.5. The molecule has 0 amide bonds. The molecule has 0 radical (unpaired) electrons. The average molecular weight is 209 g/mol. The Kier molecular flexibility index (Phi) is 2.17. The Hall–Kier alpha value is -1.48. The number of hydrogen-bond acceptors (Lipinski definition) is 1. The van der Waals surface area contributed by atoms with Crippen molar-refractivity contribution >= 4 is 11.6 Å². The largest absolute Gasteiger partial charge is 0.330 e. The second kappa shape index (κ2) is 3.35. The summed E-state index contributed by atoms with van der Waals surface area (Å²) in [6.07, 6.45) is 1.67. The molecular weight excluding hydrogens is 200 g/mol. The number of H-pyrrole nitrogens is 1. The van der Waals surface area contributed by atoms with Gasteiger partial charge in [0.15, 0.2) is 0 Å². The second-order valence-corrected chi connectivity index (χ2v) is 3.49. The average Bonchev–Trinajstić information content (AvgIpc) is 2.46. The van der Waals surface area contributed by atoms with Crippen LogP contribution in [0, 0.1) is 6.92 Å². The molecule has 2 aromatic rings. The number of aromatic nitrogens is 2. The summed E-state index contributed by atoms with van der Waals surface area (Å²) in [5, 5.41) is 0.620. The Morgan fingerprint density at radius 3 is 2.79 bits per heavy atom. The number of benzene rings is 1. The van der Waals surface area contributed by atoms with Crippen molar-refractivity contribution in [1.29, 1.82) is 0 Å². The number of aryl methyl sites for hydroxylation is 1. The van der Waals surface area contributed by atoms with Crippen molar-refractivity contribution in [3.05, 3.63) is 51.7 Å². The quantitative estimate of drug-likeness (QED) is 0.766. The van der Waals surface area contributed by atoms with E-state index in [1.54, 1.807) is 22.9 Å². The van der Waals surface area contributed by atoms with E-state index in [0.717, 1.165) is 11.4 Å². The van der Waals surface area contributed by atoms with E-state index in [1.165, 1.54) is 0 Å². The molecule has 1 heterocycles. The lowest BCUT2D eigenvalue weighted by Crippen LogP contribution is -2.15. The fraction of sp³-hybridized carbons (Fsp3) is 0.100. The minimum Gasteiger partial charge on any atom is -0.312 e. The van der Waals surface area contributed by atoms with Crippen LogP contribution in [0.1, 0.15) is 5.69 Å². The van der Waals surface area contributed by atoms with E-state index < -0.39 is 0 Å². The van der Waals surface area contributed by atoms with Crippen molar-refractivity contribution in [3.63, 3.8) is 0 Å². The van der Waals surface area contributed by atoms with Gasteiger partial charge in [0.1, 0.15) is 0 Å². The number of halogens is 1. The number of rotatable bonds is 1. The maximum Gasteiger partial charge on any atom is 0.330 e. The van der Waals surface area contributed by atoms with Crippen LogP contribution < -0.4 is 5.69 Å². The predicted octanol–water partition coefficient (Wildman–Crippen LogP) is 2.13. The molecule has 0 saturated heterocycles. The number of nitrogens with zero attached hydrogens (tertiary/aromatic N) is 1. The zero-order valence-electron chi connectivity index (χ0n) is 7.62. The fourth-order valence-electron chi connectivity index (χ4n) is 1.39. The first-order chi connectivity index (χ1) is 6.68. The number of imidazole rings is 1. The van der Waals surface area contributed by atoms with E-state index in [-0.39, 0.29) is 5.69 Å². The topological polar surface area (TPSA) is 37.8 Å². The van der Waals surface area contributed by atoms with Gasteiger partial charge in [-0.1, -0.05) is 17.7 Å². The molecule has 4 heteroatoms. The van der Waals surface area contributed by atoms with Crippen molar-refractivity contribution in [2.24, 2.45) is 0 Å². The lowest BCUT2D eigenvalue weighted by molar-refractivity contribution is 0.949. The van der Waals surface area contributed by atoms with Crippen molar-refractivity contribution in [1.82, 2.24) is 9.55 Å². The normalized spacial score (nSPS) is 10.4. The minimum atomic E-state index is -0.148. The van der Waals surface area contributed by atoms with Gasteiger partial charge in [0.25, 0.3) is 0 Å². The van der Waals surface area contributed by atoms with Crippen LogP contribution in [0.5, 0.6) is 0 Å². The first-order valence-electron chi connectivity index (χ1n) is 4.21. The van der Waals surface area contributed by atoms with E-state index in [1.807, 2.05) is 19.1 Å². The van der Waals surface area contributed by atoms with Gasteiger partial charge < -0.3 is 4.98 Å². The van der Waals surface area contributed by atoms with Gasteiger partial charge in [-0.3, -0.25) is 4.57 Å². The van der Waals surface area contributed by atoms with E-state index in [2.05, 4.69) is 4.98 Å². The van der Waals surface area contributed by atoms with Gasteiger partial charge in [-0.2, -0.15) is 0 Å². The number of hydrogen-bond donors (Lipinski definition) is 1. The molecule has 0 aliphatic rings. The Balaban J connectivity index is 2.66. The summed E-state index contributed by atoms with van der Waals surface area (Å²) >= 11 is 5.84. The lowest BCUT2D eigenvalue weighted by Gasteiger charge is -2.03. The van der Waals surface area contributed by atoms with Gasteiger partial charge in [0.2, 0.25) is 0 Å². The Morgan fingerprint density at radius 1 is 1.43 bits per heavy atom. The van der Waals surface area contributed by atoms with Gasteiger partial charge in [0, 0.05) is 16.9 Å². The molecule has 0 saturated carbocycles. The zero-order valence-corrected chi connectivity index (χ0v) is 8.38. The number of aromatic amines is 1. The molecule has 1 aromatic carbocycles. The maximum atomic E-state index is 11.4. The fourth-order valence-corrected chi connectivity index (χ4v) is 1.58. The maximum absolute atomic E-state index is 11.4. The standard InChI is InChI=1S/C10H9ClN2O/c1-7-6-12-10(14)13(7)9-4-2-3-8(11)5-9/h2-6H,1H3,(H,12,14). The van der Waals surface area contributed by atoms with Crippen molar-refractivity contribution in [2.75, 3.05) is 0 Å². The van der Waals surface area contributed by atoms with Crippen LogP contribution in [0.3, 0.4) is 0 Å². The highest BCUT2D eigenvalue weighted by molar-refractivity contribution is 6.30. The van der Waals surface area contributed by atoms with Gasteiger partial charge in [0.05, 0.1) is 5.69 Å². The molecule has 0 unspecified atom stereocenters. The third-order valence-corrected chi connectivity index (χ3v) is 2.26. The highest BCUT2D eigenvalue weighted by Crippen LogP contribution is 2.14. The van der Waals surface area contributed by atoms with Gasteiger partial charge in [-0.25, -0.2) is 4.79 Å². The molecule has 0 atom stereocenters. The number of nitrogens with one attached hydrogen (secondary N) is 1. The molecule has 0 aliphatic heterocycles. The van der Waals surface area contributed by atoms with Crippen LogP contribution in [0.4, 0.5) is 0 Å². The van der Waals surface area contributed by atoms with Crippen LogP contribution in [-0.2, 0) is 0 Å². The van der Waals surface area contributed by atoms with Crippen LogP contribution in [0.2, 0.25) is 5.02 Å². The summed E-state index contributed by atoms with van der Waals surface area (Å²) in [5.74, 6) is 0. The van der Waals surface area contributed by atoms with Crippen molar-refractivity contribution in [2.45, 2.75) is 6.92 Å². The Labute approximate surface area is 86.0 Å². The molecule has 2 rings (SSSR count). The van der Waals surface area contributed by atoms with E-state index in [9.17, 15) is 4.79 Å². The minimum absolute atomic E-state index is 0.148. The Bertz CT molecular complexity index is 513. The monoisotopic (exact) mass is 208 g/mol.